The quantitative estimate of drug-likeness (QED) is 0.355. The molecule has 0 unspecified atom stereocenters. The molecule has 0 aliphatic carbocycles. The number of fused-ring (bicyclic) bond motifs is 1. The SMILES string of the molecule is CC1(C)OCc2cc([C@@H]3CN(CCCCCOCCC#Cc4cccc(S(N)(=O)=O)c4)C(=O)O3)ccc2O1. The summed E-state index contributed by atoms with van der Waals surface area (Å²) in [6.45, 7) is 6.51. The van der Waals surface area contributed by atoms with E-state index in [1.807, 2.05) is 32.0 Å². The second-order valence-electron chi connectivity index (χ2n) is 9.77. The number of sulfonamides is 1. The number of nitrogens with zero attached hydrogens (tertiary/aromatic N) is 1. The van der Waals surface area contributed by atoms with Gasteiger partial charge in [0, 0.05) is 44.5 Å². The van der Waals surface area contributed by atoms with Crippen molar-refractivity contribution in [1.29, 1.82) is 0 Å². The molecule has 2 heterocycles. The van der Waals surface area contributed by atoms with Gasteiger partial charge in [-0.3, -0.25) is 0 Å². The summed E-state index contributed by atoms with van der Waals surface area (Å²) in [7, 11) is -3.74. The number of nitrogens with two attached hydrogens (primary N) is 1. The second-order valence-corrected chi connectivity index (χ2v) is 11.3. The minimum Gasteiger partial charge on any atom is -0.463 e. The molecule has 0 aromatic heterocycles. The van der Waals surface area contributed by atoms with E-state index in [0.717, 1.165) is 36.1 Å². The third-order valence-electron chi connectivity index (χ3n) is 6.26. The highest BCUT2D eigenvalue weighted by molar-refractivity contribution is 7.89. The number of cyclic esters (lactones) is 1. The summed E-state index contributed by atoms with van der Waals surface area (Å²) < 4.78 is 45.6. The molecule has 2 aliphatic heterocycles. The van der Waals surface area contributed by atoms with Gasteiger partial charge >= 0.3 is 6.09 Å². The molecule has 0 bridgehead atoms. The highest BCUT2D eigenvalue weighted by Crippen LogP contribution is 2.35. The Bertz CT molecular complexity index is 1310. The second kappa shape index (κ2) is 12.2. The monoisotopic (exact) mass is 542 g/mol. The van der Waals surface area contributed by atoms with Gasteiger partial charge in [0.15, 0.2) is 0 Å². The average Bonchev–Trinajstić information content (AvgIpc) is 3.24. The van der Waals surface area contributed by atoms with Crippen LogP contribution in [0.1, 0.15) is 62.3 Å². The normalized spacial score (nSPS) is 18.2. The molecule has 2 aromatic rings. The standard InChI is InChI=1S/C28H34N2O7S/c1-28(2)35-20-23-18-22(12-13-25(23)37-28)26-19-30(27(31)36-26)14-5-3-6-15-34-16-7-4-9-21-10-8-11-24(17-21)38(29,32)33/h8,10-13,17-18,26H,3,5-7,14-16,19-20H2,1-2H3,(H2,29,32,33)/t26-/m0/s1. The van der Waals surface area contributed by atoms with E-state index in [1.165, 1.54) is 12.1 Å². The Morgan fingerprint density at radius 2 is 1.97 bits per heavy atom. The Labute approximate surface area is 224 Å². The van der Waals surface area contributed by atoms with E-state index in [0.29, 0.717) is 44.9 Å². The van der Waals surface area contributed by atoms with Gasteiger partial charge in [-0.25, -0.2) is 18.4 Å². The maximum Gasteiger partial charge on any atom is 0.410 e. The summed E-state index contributed by atoms with van der Waals surface area (Å²) in [6.07, 6.45) is 2.65. The van der Waals surface area contributed by atoms with Crippen LogP contribution in [0.3, 0.4) is 0 Å². The third kappa shape index (κ3) is 7.71. The summed E-state index contributed by atoms with van der Waals surface area (Å²) in [4.78, 5) is 14.1. The lowest BCUT2D eigenvalue weighted by Crippen LogP contribution is -2.35. The molecule has 1 atom stereocenters. The molecule has 9 nitrogen and oxygen atoms in total. The molecular weight excluding hydrogens is 508 g/mol. The first-order valence-corrected chi connectivity index (χ1v) is 14.3. The molecule has 1 saturated heterocycles. The fourth-order valence-electron chi connectivity index (χ4n) is 4.25. The maximum absolute atomic E-state index is 12.3. The van der Waals surface area contributed by atoms with E-state index >= 15 is 0 Å². The number of hydrogen-bond acceptors (Lipinski definition) is 7. The van der Waals surface area contributed by atoms with Crippen molar-refractivity contribution >= 4 is 16.1 Å². The van der Waals surface area contributed by atoms with Crippen LogP contribution in [-0.2, 0) is 30.8 Å². The van der Waals surface area contributed by atoms with Gasteiger partial charge in [0.1, 0.15) is 11.9 Å². The zero-order chi connectivity index (χ0) is 27.2. The molecule has 2 aliphatic rings. The Morgan fingerprint density at radius 3 is 2.79 bits per heavy atom. The van der Waals surface area contributed by atoms with E-state index in [-0.39, 0.29) is 17.1 Å². The molecule has 1 amide bonds. The van der Waals surface area contributed by atoms with Crippen LogP contribution in [0.25, 0.3) is 0 Å². The van der Waals surface area contributed by atoms with Gasteiger partial charge < -0.3 is 23.8 Å². The van der Waals surface area contributed by atoms with Crippen LogP contribution in [-0.4, -0.2) is 51.5 Å². The van der Waals surface area contributed by atoms with E-state index in [2.05, 4.69) is 11.8 Å². The van der Waals surface area contributed by atoms with Crippen molar-refractivity contribution in [3.63, 3.8) is 0 Å². The molecule has 4 rings (SSSR count). The highest BCUT2D eigenvalue weighted by atomic mass is 32.2. The molecule has 38 heavy (non-hydrogen) atoms. The van der Waals surface area contributed by atoms with Crippen LogP contribution in [0.5, 0.6) is 5.75 Å². The van der Waals surface area contributed by atoms with Crippen molar-refractivity contribution in [2.45, 2.75) is 62.9 Å². The number of amides is 1. The summed E-state index contributed by atoms with van der Waals surface area (Å²) in [6, 6.07) is 12.1. The van der Waals surface area contributed by atoms with E-state index in [9.17, 15) is 13.2 Å². The first-order chi connectivity index (χ1) is 18.1. The van der Waals surface area contributed by atoms with Crippen LogP contribution in [0, 0.1) is 11.8 Å². The first-order valence-electron chi connectivity index (χ1n) is 12.7. The van der Waals surface area contributed by atoms with Crippen molar-refractivity contribution in [1.82, 2.24) is 4.90 Å². The van der Waals surface area contributed by atoms with E-state index in [4.69, 9.17) is 24.1 Å². The van der Waals surface area contributed by atoms with Gasteiger partial charge in [-0.15, -0.1) is 0 Å². The maximum atomic E-state index is 12.3. The predicted molar refractivity (Wildman–Crippen MR) is 141 cm³/mol. The molecular formula is C28H34N2O7S. The molecule has 2 aromatic carbocycles. The van der Waals surface area contributed by atoms with Gasteiger partial charge in [-0.1, -0.05) is 24.0 Å². The Balaban J connectivity index is 1.10. The number of rotatable bonds is 10. The van der Waals surface area contributed by atoms with Crippen molar-refractivity contribution in [3.05, 3.63) is 59.2 Å². The first kappa shape index (κ1) is 27.9. The summed E-state index contributed by atoms with van der Waals surface area (Å²) in [5.41, 5.74) is 2.50. The van der Waals surface area contributed by atoms with Gasteiger partial charge in [0.2, 0.25) is 15.8 Å². The Kier molecular flexibility index (Phi) is 8.95. The number of ether oxygens (including phenoxy) is 4. The lowest BCUT2D eigenvalue weighted by atomic mass is 10.0. The number of unbranched alkanes of at least 4 members (excludes halogenated alkanes) is 2. The largest absolute Gasteiger partial charge is 0.463 e. The van der Waals surface area contributed by atoms with Gasteiger partial charge in [-0.05, 0) is 55.2 Å². The number of benzene rings is 2. The lowest BCUT2D eigenvalue weighted by molar-refractivity contribution is -0.180. The summed E-state index contributed by atoms with van der Waals surface area (Å²) in [5.74, 6) is 6.06. The molecule has 204 valence electrons. The van der Waals surface area contributed by atoms with Crippen LogP contribution in [0.2, 0.25) is 0 Å². The van der Waals surface area contributed by atoms with Crippen molar-refractivity contribution < 1.29 is 32.2 Å². The summed E-state index contributed by atoms with van der Waals surface area (Å²) >= 11 is 0. The number of carbonyl (C=O) groups is 1. The zero-order valence-electron chi connectivity index (χ0n) is 21.8. The van der Waals surface area contributed by atoms with Crippen molar-refractivity contribution in [2.24, 2.45) is 5.14 Å². The van der Waals surface area contributed by atoms with Gasteiger partial charge in [0.25, 0.3) is 0 Å². The molecule has 0 saturated carbocycles. The molecule has 10 heteroatoms. The number of carbonyl (C=O) groups excluding carboxylic acids is 1. The molecule has 0 radical (unpaired) electrons. The van der Waals surface area contributed by atoms with Crippen LogP contribution in [0.4, 0.5) is 4.79 Å². The minimum atomic E-state index is -3.74. The number of hydrogen-bond donors (Lipinski definition) is 1. The fourth-order valence-corrected chi connectivity index (χ4v) is 4.81. The van der Waals surface area contributed by atoms with Gasteiger partial charge in [-0.2, -0.15) is 0 Å². The van der Waals surface area contributed by atoms with E-state index in [1.54, 1.807) is 17.0 Å². The smallest absolute Gasteiger partial charge is 0.410 e. The van der Waals surface area contributed by atoms with Crippen LogP contribution < -0.4 is 9.88 Å². The van der Waals surface area contributed by atoms with Crippen molar-refractivity contribution in [3.8, 4) is 17.6 Å². The predicted octanol–water partition coefficient (Wildman–Crippen LogP) is 4.10. The minimum absolute atomic E-state index is 0.0475. The zero-order valence-corrected chi connectivity index (χ0v) is 22.6. The lowest BCUT2D eigenvalue weighted by Gasteiger charge is -2.32. The molecule has 1 fully saturated rings. The van der Waals surface area contributed by atoms with Crippen molar-refractivity contribution in [2.75, 3.05) is 26.3 Å². The van der Waals surface area contributed by atoms with Crippen LogP contribution in [0.15, 0.2) is 47.4 Å². The Morgan fingerprint density at radius 1 is 1.13 bits per heavy atom. The third-order valence-corrected chi connectivity index (χ3v) is 7.17. The highest BCUT2D eigenvalue weighted by Gasteiger charge is 2.33. The van der Waals surface area contributed by atoms with Gasteiger partial charge in [0.05, 0.1) is 24.7 Å². The average molecular weight is 543 g/mol. The topological polar surface area (TPSA) is 117 Å². The fraction of sp³-hybridized carbons (Fsp3) is 0.464. The molecule has 2 N–H and O–H groups in total. The number of primary sulfonamides is 1. The van der Waals surface area contributed by atoms with E-state index < -0.39 is 15.8 Å². The Hall–Kier alpha value is -3.10. The van der Waals surface area contributed by atoms with Crippen LogP contribution >= 0.6 is 0 Å². The molecule has 0 spiro atoms. The summed E-state index contributed by atoms with van der Waals surface area (Å²) in [5, 5.41) is 5.14.